The molecule has 0 unspecified atom stereocenters. The van der Waals surface area contributed by atoms with E-state index < -0.39 is 0 Å². The molecule has 1 aliphatic heterocycles. The quantitative estimate of drug-likeness (QED) is 0.922. The second-order valence-corrected chi connectivity index (χ2v) is 6.19. The van der Waals surface area contributed by atoms with E-state index in [1.54, 1.807) is 23.4 Å². The highest BCUT2D eigenvalue weighted by Gasteiger charge is 2.25. The van der Waals surface area contributed by atoms with Crippen molar-refractivity contribution in [1.82, 2.24) is 15.2 Å². The summed E-state index contributed by atoms with van der Waals surface area (Å²) in [5, 5.41) is 3.45. The highest BCUT2D eigenvalue weighted by atomic mass is 35.5. The van der Waals surface area contributed by atoms with Gasteiger partial charge in [-0.3, -0.25) is 4.98 Å². The summed E-state index contributed by atoms with van der Waals surface area (Å²) < 4.78 is 5.94. The molecule has 6 heteroatoms. The van der Waals surface area contributed by atoms with E-state index >= 15 is 0 Å². The molecule has 2 amide bonds. The van der Waals surface area contributed by atoms with Crippen LogP contribution in [0.3, 0.4) is 0 Å². The molecule has 2 heterocycles. The average molecular weight is 346 g/mol. The fourth-order valence-electron chi connectivity index (χ4n) is 2.74. The van der Waals surface area contributed by atoms with Crippen molar-refractivity contribution in [3.05, 3.63) is 59.4 Å². The topological polar surface area (TPSA) is 54.5 Å². The predicted molar refractivity (Wildman–Crippen MR) is 93.1 cm³/mol. The smallest absolute Gasteiger partial charge is 0.317 e. The Balaban J connectivity index is 1.53. The van der Waals surface area contributed by atoms with Gasteiger partial charge >= 0.3 is 6.03 Å². The standard InChI is InChI=1S/C18H20ClN3O2/c19-16-12-20-9-8-17(16)24-15-7-4-10-22(13-15)18(23)21-11-14-5-2-1-3-6-14/h1-3,5-6,8-9,12,15H,4,7,10-11,13H2,(H,21,23)/t15-/m0/s1. The van der Waals surface area contributed by atoms with Gasteiger partial charge in [0.15, 0.2) is 0 Å². The second kappa shape index (κ2) is 8.02. The molecule has 1 aromatic heterocycles. The first-order chi connectivity index (χ1) is 11.7. The molecule has 5 nitrogen and oxygen atoms in total. The molecule has 1 atom stereocenters. The van der Waals surface area contributed by atoms with Gasteiger partial charge in [0, 0.05) is 31.5 Å². The maximum absolute atomic E-state index is 12.4. The first-order valence-corrected chi connectivity index (χ1v) is 8.43. The molecule has 1 N–H and O–H groups in total. The van der Waals surface area contributed by atoms with Crippen LogP contribution in [-0.2, 0) is 6.54 Å². The van der Waals surface area contributed by atoms with Gasteiger partial charge in [0.2, 0.25) is 0 Å². The molecule has 3 rings (SSSR count). The van der Waals surface area contributed by atoms with Crippen molar-refractivity contribution in [2.75, 3.05) is 13.1 Å². The summed E-state index contributed by atoms with van der Waals surface area (Å²) in [6, 6.07) is 11.6. The summed E-state index contributed by atoms with van der Waals surface area (Å²) in [5.41, 5.74) is 1.08. The molecule has 2 aromatic rings. The second-order valence-electron chi connectivity index (χ2n) is 5.78. The van der Waals surface area contributed by atoms with E-state index in [9.17, 15) is 4.79 Å². The number of urea groups is 1. The highest BCUT2D eigenvalue weighted by Crippen LogP contribution is 2.25. The number of amides is 2. The van der Waals surface area contributed by atoms with Crippen LogP contribution in [0.5, 0.6) is 5.75 Å². The number of hydrogen-bond donors (Lipinski definition) is 1. The van der Waals surface area contributed by atoms with Crippen molar-refractivity contribution in [2.24, 2.45) is 0 Å². The van der Waals surface area contributed by atoms with E-state index in [1.165, 1.54) is 0 Å². The minimum absolute atomic E-state index is 0.0545. The lowest BCUT2D eigenvalue weighted by Crippen LogP contribution is -2.48. The van der Waals surface area contributed by atoms with Gasteiger partial charge in [0.05, 0.1) is 6.54 Å². The number of benzene rings is 1. The lowest BCUT2D eigenvalue weighted by atomic mass is 10.1. The van der Waals surface area contributed by atoms with Crippen LogP contribution in [0.15, 0.2) is 48.8 Å². The van der Waals surface area contributed by atoms with Gasteiger partial charge in [-0.25, -0.2) is 4.79 Å². The van der Waals surface area contributed by atoms with E-state index in [-0.39, 0.29) is 12.1 Å². The van der Waals surface area contributed by atoms with Crippen LogP contribution in [0.4, 0.5) is 4.79 Å². The molecule has 126 valence electrons. The van der Waals surface area contributed by atoms with Crippen LogP contribution in [0.2, 0.25) is 5.02 Å². The molecular weight excluding hydrogens is 326 g/mol. The summed E-state index contributed by atoms with van der Waals surface area (Å²) >= 11 is 6.08. The van der Waals surface area contributed by atoms with Gasteiger partial charge in [0.1, 0.15) is 16.9 Å². The third-order valence-electron chi connectivity index (χ3n) is 3.98. The number of carbonyl (C=O) groups excluding carboxylic acids is 1. The van der Waals surface area contributed by atoms with E-state index in [2.05, 4.69) is 10.3 Å². The van der Waals surface area contributed by atoms with E-state index in [4.69, 9.17) is 16.3 Å². The monoisotopic (exact) mass is 345 g/mol. The molecular formula is C18H20ClN3O2. The van der Waals surface area contributed by atoms with Gasteiger partial charge in [-0.05, 0) is 18.4 Å². The van der Waals surface area contributed by atoms with E-state index in [1.807, 2.05) is 30.3 Å². The Labute approximate surface area is 146 Å². The van der Waals surface area contributed by atoms with Gasteiger partial charge in [-0.15, -0.1) is 0 Å². The lowest BCUT2D eigenvalue weighted by molar-refractivity contribution is 0.101. The molecule has 0 bridgehead atoms. The molecule has 0 aliphatic carbocycles. The fourth-order valence-corrected chi connectivity index (χ4v) is 2.91. The van der Waals surface area contributed by atoms with Crippen LogP contribution >= 0.6 is 11.6 Å². The molecule has 1 aromatic carbocycles. The number of aromatic nitrogens is 1. The molecule has 0 radical (unpaired) electrons. The first kappa shape index (κ1) is 16.6. The number of rotatable bonds is 4. The van der Waals surface area contributed by atoms with Crippen molar-refractivity contribution in [3.63, 3.8) is 0 Å². The Bertz CT molecular complexity index is 681. The van der Waals surface area contributed by atoms with Crippen molar-refractivity contribution in [1.29, 1.82) is 0 Å². The Hall–Kier alpha value is -2.27. The zero-order valence-electron chi connectivity index (χ0n) is 13.3. The molecule has 0 saturated carbocycles. The Kier molecular flexibility index (Phi) is 5.54. The number of halogens is 1. The van der Waals surface area contributed by atoms with Crippen molar-refractivity contribution >= 4 is 17.6 Å². The number of hydrogen-bond acceptors (Lipinski definition) is 3. The number of pyridine rings is 1. The third kappa shape index (κ3) is 4.38. The zero-order valence-corrected chi connectivity index (χ0v) is 14.1. The number of carbonyl (C=O) groups is 1. The third-order valence-corrected chi connectivity index (χ3v) is 4.26. The van der Waals surface area contributed by atoms with Crippen molar-refractivity contribution in [3.8, 4) is 5.75 Å². The van der Waals surface area contributed by atoms with Crippen molar-refractivity contribution in [2.45, 2.75) is 25.5 Å². The Morgan fingerprint density at radius 1 is 1.33 bits per heavy atom. The molecule has 1 saturated heterocycles. The average Bonchev–Trinajstić information content (AvgIpc) is 2.63. The Morgan fingerprint density at radius 2 is 2.17 bits per heavy atom. The predicted octanol–water partition coefficient (Wildman–Crippen LogP) is 3.49. The minimum Gasteiger partial charge on any atom is -0.487 e. The summed E-state index contributed by atoms with van der Waals surface area (Å²) in [5.74, 6) is 0.614. The largest absolute Gasteiger partial charge is 0.487 e. The number of nitrogens with zero attached hydrogens (tertiary/aromatic N) is 2. The van der Waals surface area contributed by atoms with Crippen LogP contribution in [0.1, 0.15) is 18.4 Å². The highest BCUT2D eigenvalue weighted by molar-refractivity contribution is 6.31. The molecule has 0 spiro atoms. The molecule has 24 heavy (non-hydrogen) atoms. The van der Waals surface area contributed by atoms with E-state index in [0.717, 1.165) is 24.9 Å². The number of nitrogens with one attached hydrogen (secondary N) is 1. The fraction of sp³-hybridized carbons (Fsp3) is 0.333. The van der Waals surface area contributed by atoms with Gasteiger partial charge in [0.25, 0.3) is 0 Å². The normalized spacial score (nSPS) is 17.4. The van der Waals surface area contributed by atoms with Gasteiger partial charge in [-0.2, -0.15) is 0 Å². The van der Waals surface area contributed by atoms with Crippen LogP contribution in [-0.4, -0.2) is 35.1 Å². The molecule has 1 fully saturated rings. The zero-order chi connectivity index (χ0) is 16.8. The minimum atomic E-state index is -0.0621. The Morgan fingerprint density at radius 3 is 2.96 bits per heavy atom. The number of likely N-dealkylation sites (tertiary alicyclic amines) is 1. The first-order valence-electron chi connectivity index (χ1n) is 8.05. The van der Waals surface area contributed by atoms with Gasteiger partial charge < -0.3 is 15.0 Å². The van der Waals surface area contributed by atoms with Crippen LogP contribution in [0, 0.1) is 0 Å². The molecule has 1 aliphatic rings. The lowest BCUT2D eigenvalue weighted by Gasteiger charge is -2.33. The summed E-state index contributed by atoms with van der Waals surface area (Å²) in [6.45, 7) is 1.82. The maximum atomic E-state index is 12.4. The van der Waals surface area contributed by atoms with Gasteiger partial charge in [-0.1, -0.05) is 41.9 Å². The van der Waals surface area contributed by atoms with E-state index in [0.29, 0.717) is 23.9 Å². The number of piperidine rings is 1. The number of ether oxygens (including phenoxy) is 1. The maximum Gasteiger partial charge on any atom is 0.317 e. The summed E-state index contributed by atoms with van der Waals surface area (Å²) in [4.78, 5) is 18.1. The van der Waals surface area contributed by atoms with Crippen LogP contribution < -0.4 is 10.1 Å². The van der Waals surface area contributed by atoms with Crippen LogP contribution in [0.25, 0.3) is 0 Å². The SMILES string of the molecule is O=C(NCc1ccccc1)N1CCC[C@H](Oc2ccncc2Cl)C1. The summed E-state index contributed by atoms with van der Waals surface area (Å²) in [6.07, 6.45) is 4.97. The van der Waals surface area contributed by atoms with Crippen molar-refractivity contribution < 1.29 is 9.53 Å². The summed E-state index contributed by atoms with van der Waals surface area (Å²) in [7, 11) is 0.